The van der Waals surface area contributed by atoms with Crippen LogP contribution in [0.5, 0.6) is 5.75 Å². The molecule has 1 aromatic heterocycles. The first-order chi connectivity index (χ1) is 10.0. The Morgan fingerprint density at radius 2 is 1.67 bits per heavy atom. The van der Waals surface area contributed by atoms with E-state index in [0.29, 0.717) is 7.18 Å². The van der Waals surface area contributed by atoms with E-state index < -0.39 is 35.0 Å². The lowest BCUT2D eigenvalue weighted by atomic mass is 10.2. The second kappa shape index (κ2) is 7.32. The van der Waals surface area contributed by atoms with E-state index in [-0.39, 0.29) is 11.6 Å². The Kier molecular flexibility index (Phi) is 5.77. The van der Waals surface area contributed by atoms with Gasteiger partial charge in [0.2, 0.25) is 17.4 Å². The van der Waals surface area contributed by atoms with Gasteiger partial charge in [0, 0.05) is 18.5 Å². The lowest BCUT2D eigenvalue weighted by Gasteiger charge is -2.07. The molecule has 2 rings (SSSR count). The largest absolute Gasteiger partial charge is 0.416 e. The van der Waals surface area contributed by atoms with Gasteiger partial charge in [0.1, 0.15) is 0 Å². The van der Waals surface area contributed by atoms with E-state index in [4.69, 9.17) is 0 Å². The number of rotatable bonds is 2. The Labute approximate surface area is 116 Å². The number of hydrogen-bond acceptors (Lipinski definition) is 3. The summed E-state index contributed by atoms with van der Waals surface area (Å²) in [5, 5.41) is 0. The maximum Gasteiger partial charge on any atom is 0.345 e. The van der Waals surface area contributed by atoms with Gasteiger partial charge in [-0.3, -0.25) is 9.37 Å². The van der Waals surface area contributed by atoms with Gasteiger partial charge in [0.05, 0.1) is 12.7 Å². The standard InChI is InChI=1S/C12H5F4NO2.CH3F/c13-7-4-8(14)10(16)11(9(7)15)19-12(18)6-2-1-3-17-5-6;1-2/h1-5H;1H3/i;2-1. The highest BCUT2D eigenvalue weighted by atomic mass is 19.2. The van der Waals surface area contributed by atoms with Gasteiger partial charge in [0.25, 0.3) is 0 Å². The molecule has 1 aromatic carbocycles. The van der Waals surface area contributed by atoms with Gasteiger partial charge >= 0.3 is 5.97 Å². The predicted molar refractivity (Wildman–Crippen MR) is 62.5 cm³/mol. The Morgan fingerprint density at radius 1 is 1.10 bits per heavy atom. The number of halogens is 5. The van der Waals surface area contributed by atoms with E-state index >= 15 is 0 Å². The molecule has 0 aliphatic rings. The highest BCUT2D eigenvalue weighted by Crippen LogP contribution is 2.27. The minimum absolute atomic E-state index is 0.0199. The van der Waals surface area contributed by atoms with Crippen molar-refractivity contribution in [3.63, 3.8) is 0 Å². The summed E-state index contributed by atoms with van der Waals surface area (Å²) in [4.78, 5) is 15.1. The number of benzene rings is 1. The number of aromatic nitrogens is 1. The van der Waals surface area contributed by atoms with Crippen LogP contribution in [0.25, 0.3) is 0 Å². The Morgan fingerprint density at radius 3 is 2.14 bits per heavy atom. The van der Waals surface area contributed by atoms with Gasteiger partial charge in [-0.05, 0) is 12.1 Å². The minimum atomic E-state index is -1.78. The molecule has 0 spiro atoms. The fourth-order valence-electron chi connectivity index (χ4n) is 1.28. The molecule has 0 N–H and O–H groups in total. The van der Waals surface area contributed by atoms with Crippen LogP contribution < -0.4 is 4.74 Å². The number of carbonyl (C=O) groups is 1. The predicted octanol–water partition coefficient (Wildman–Crippen LogP) is 3.44. The van der Waals surface area contributed by atoms with E-state index in [2.05, 4.69) is 9.72 Å². The van der Waals surface area contributed by atoms with Crippen LogP contribution in [-0.4, -0.2) is 18.1 Å². The summed E-state index contributed by atoms with van der Waals surface area (Å²) in [5.74, 6) is -9.49. The number of esters is 1. The highest BCUT2D eigenvalue weighted by Gasteiger charge is 2.23. The molecule has 0 unspecified atom stereocenters. The molecule has 0 saturated carbocycles. The SMILES string of the molecule is C[18F].O=C(Oc1c(F)c(F)cc(F)c1F)c1cccnc1. The number of nitrogens with zero attached hydrogens (tertiary/aromatic N) is 1. The van der Waals surface area contributed by atoms with E-state index in [1.807, 2.05) is 0 Å². The van der Waals surface area contributed by atoms with E-state index in [1.54, 1.807) is 0 Å². The number of pyridine rings is 1. The first kappa shape index (κ1) is 16.5. The number of hydrogen-bond donors (Lipinski definition) is 0. The van der Waals surface area contributed by atoms with E-state index in [1.165, 1.54) is 18.3 Å². The molecule has 0 aliphatic heterocycles. The Hall–Kier alpha value is -2.51. The summed E-state index contributed by atoms with van der Waals surface area (Å²) in [7, 11) is 0.500. The van der Waals surface area contributed by atoms with Crippen LogP contribution in [0.15, 0.2) is 30.6 Å². The lowest BCUT2D eigenvalue weighted by molar-refractivity contribution is 0.0717. The molecule has 3 nitrogen and oxygen atoms in total. The molecule has 0 fully saturated rings. The van der Waals surface area contributed by atoms with Gasteiger partial charge in [0.15, 0.2) is 11.6 Å². The normalized spacial score (nSPS) is 9.62. The number of alkyl halides is 1. The van der Waals surface area contributed by atoms with Crippen molar-refractivity contribution in [1.82, 2.24) is 4.98 Å². The number of ether oxygens (including phenoxy) is 1. The summed E-state index contributed by atoms with van der Waals surface area (Å²) < 4.78 is 66.1. The molecule has 21 heavy (non-hydrogen) atoms. The topological polar surface area (TPSA) is 39.2 Å². The van der Waals surface area contributed by atoms with Gasteiger partial charge in [-0.2, -0.15) is 8.78 Å². The Bertz CT molecular complexity index is 608. The third-order valence-electron chi connectivity index (χ3n) is 2.16. The quantitative estimate of drug-likeness (QED) is 0.369. The molecule has 112 valence electrons. The van der Waals surface area contributed by atoms with Crippen LogP contribution in [-0.2, 0) is 0 Å². The smallest absolute Gasteiger partial charge is 0.345 e. The van der Waals surface area contributed by atoms with Crippen LogP contribution in [0, 0.1) is 23.3 Å². The van der Waals surface area contributed by atoms with Gasteiger partial charge < -0.3 is 4.74 Å². The van der Waals surface area contributed by atoms with Gasteiger partial charge in [-0.15, -0.1) is 0 Å². The van der Waals surface area contributed by atoms with Crippen molar-refractivity contribution in [2.45, 2.75) is 0 Å². The average Bonchev–Trinajstić information content (AvgIpc) is 2.52. The molecule has 1 heterocycles. The third-order valence-corrected chi connectivity index (χ3v) is 2.16. The zero-order valence-corrected chi connectivity index (χ0v) is 10.5. The first-order valence-electron chi connectivity index (χ1n) is 5.33. The van der Waals surface area contributed by atoms with Gasteiger partial charge in [-0.1, -0.05) is 0 Å². The van der Waals surface area contributed by atoms with Crippen LogP contribution >= 0.6 is 0 Å². The van der Waals surface area contributed by atoms with Crippen molar-refractivity contribution in [2.24, 2.45) is 0 Å². The molecule has 0 atom stereocenters. The monoisotopic (exact) mass is 304 g/mol. The molecule has 0 bridgehead atoms. The van der Waals surface area contributed by atoms with Crippen molar-refractivity contribution in [3.05, 3.63) is 59.4 Å². The third kappa shape index (κ3) is 3.74. The molecule has 0 saturated heterocycles. The summed E-state index contributed by atoms with van der Waals surface area (Å²) in [6.07, 6.45) is 2.44. The molecular weight excluding hydrogens is 296 g/mol. The molecule has 0 radical (unpaired) electrons. The van der Waals surface area contributed by atoms with Crippen LogP contribution in [0.3, 0.4) is 0 Å². The second-order valence-electron chi connectivity index (χ2n) is 3.43. The Balaban J connectivity index is 0.00000106. The lowest BCUT2D eigenvalue weighted by Crippen LogP contribution is -2.12. The summed E-state index contributed by atoms with van der Waals surface area (Å²) in [6, 6.07) is 2.67. The van der Waals surface area contributed by atoms with Crippen molar-refractivity contribution in [1.29, 1.82) is 0 Å². The maximum atomic E-state index is 13.2. The van der Waals surface area contributed by atoms with Crippen molar-refractivity contribution in [2.75, 3.05) is 7.18 Å². The van der Waals surface area contributed by atoms with Crippen molar-refractivity contribution in [3.8, 4) is 5.75 Å². The maximum absolute atomic E-state index is 13.2. The first-order valence-corrected chi connectivity index (χ1v) is 5.33. The van der Waals surface area contributed by atoms with Crippen LogP contribution in [0.1, 0.15) is 10.4 Å². The second-order valence-corrected chi connectivity index (χ2v) is 3.43. The van der Waals surface area contributed by atoms with Crippen LogP contribution in [0.2, 0.25) is 0 Å². The average molecular weight is 304 g/mol. The highest BCUT2D eigenvalue weighted by molar-refractivity contribution is 5.90. The molecule has 8 heteroatoms. The summed E-state index contributed by atoms with van der Waals surface area (Å²) in [5.41, 5.74) is -0.119. The molecule has 0 aliphatic carbocycles. The van der Waals surface area contributed by atoms with Gasteiger partial charge in [-0.25, -0.2) is 13.6 Å². The summed E-state index contributed by atoms with van der Waals surface area (Å²) >= 11 is 0. The van der Waals surface area contributed by atoms with Crippen molar-refractivity contribution >= 4 is 5.97 Å². The fourth-order valence-corrected chi connectivity index (χ4v) is 1.28. The zero-order chi connectivity index (χ0) is 16.0. The fraction of sp³-hybridized carbons (Fsp3) is 0.0769. The van der Waals surface area contributed by atoms with Crippen LogP contribution in [0.4, 0.5) is 22.0 Å². The van der Waals surface area contributed by atoms with E-state index in [9.17, 15) is 26.7 Å². The zero-order valence-electron chi connectivity index (χ0n) is 10.5. The molecule has 2 aromatic rings. The van der Waals surface area contributed by atoms with Crippen molar-refractivity contribution < 1.29 is 31.5 Å². The van der Waals surface area contributed by atoms with E-state index in [0.717, 1.165) is 6.20 Å². The minimum Gasteiger partial charge on any atom is -0.416 e. The number of carbonyl (C=O) groups excluding carboxylic acids is 1. The summed E-state index contributed by atoms with van der Waals surface area (Å²) in [6.45, 7) is 0. The molecular formula is C13H8F5NO2. The molecule has 0 amide bonds.